The Morgan fingerprint density at radius 1 is 1.30 bits per heavy atom. The van der Waals surface area contributed by atoms with Crippen LogP contribution in [0.4, 0.5) is 13.2 Å². The molecule has 0 fully saturated rings. The molecule has 0 aliphatic rings. The molecule has 0 saturated heterocycles. The number of benzene rings is 1. The molecular formula is C13H11F3N2O2. The quantitative estimate of drug-likeness (QED) is 0.818. The first-order valence-electron chi connectivity index (χ1n) is 5.46. The van der Waals surface area contributed by atoms with Crippen molar-refractivity contribution in [3.05, 3.63) is 35.4 Å². The second-order valence-corrected chi connectivity index (χ2v) is 3.91. The molecule has 0 aromatic heterocycles. The molecule has 3 N–H and O–H groups in total. The van der Waals surface area contributed by atoms with Crippen LogP contribution in [0.5, 0.6) is 0 Å². The zero-order valence-corrected chi connectivity index (χ0v) is 10.2. The molecule has 0 spiro atoms. The molecule has 1 atom stereocenters. The van der Waals surface area contributed by atoms with Gasteiger partial charge >= 0.3 is 6.18 Å². The zero-order chi connectivity index (χ0) is 15.3. The third-order valence-corrected chi connectivity index (χ3v) is 2.45. The van der Waals surface area contributed by atoms with Crippen molar-refractivity contribution < 1.29 is 22.8 Å². The smallest absolute Gasteiger partial charge is 0.368 e. The summed E-state index contributed by atoms with van der Waals surface area (Å²) in [6, 6.07) is 2.50. The molecule has 4 nitrogen and oxygen atoms in total. The number of halogens is 3. The van der Waals surface area contributed by atoms with E-state index >= 15 is 0 Å². The van der Waals surface area contributed by atoms with Crippen molar-refractivity contribution in [1.82, 2.24) is 5.32 Å². The lowest BCUT2D eigenvalue weighted by atomic mass is 10.1. The maximum absolute atomic E-state index is 12.4. The number of alkyl halides is 3. The van der Waals surface area contributed by atoms with Crippen molar-refractivity contribution in [1.29, 1.82) is 0 Å². The molecule has 0 saturated carbocycles. The van der Waals surface area contributed by atoms with Gasteiger partial charge in [-0.15, -0.1) is 12.3 Å². The van der Waals surface area contributed by atoms with Crippen LogP contribution in [0.3, 0.4) is 0 Å². The molecule has 7 heteroatoms. The maximum Gasteiger partial charge on any atom is 0.416 e. The second-order valence-electron chi connectivity index (χ2n) is 3.91. The fourth-order valence-corrected chi connectivity index (χ4v) is 1.39. The molecule has 1 aromatic carbocycles. The van der Waals surface area contributed by atoms with E-state index < -0.39 is 29.6 Å². The molecule has 0 radical (unpaired) electrons. The largest absolute Gasteiger partial charge is 0.416 e. The van der Waals surface area contributed by atoms with Gasteiger partial charge in [0.05, 0.1) is 5.56 Å². The highest BCUT2D eigenvalue weighted by atomic mass is 19.4. The molecule has 0 aliphatic heterocycles. The predicted octanol–water partition coefficient (Wildman–Crippen LogP) is 1.31. The van der Waals surface area contributed by atoms with Gasteiger partial charge in [0.25, 0.3) is 5.91 Å². The number of carbonyl (C=O) groups is 2. The van der Waals surface area contributed by atoms with Gasteiger partial charge in [0.15, 0.2) is 0 Å². The summed E-state index contributed by atoms with van der Waals surface area (Å²) in [4.78, 5) is 22.7. The lowest BCUT2D eigenvalue weighted by Gasteiger charge is -2.13. The number of carbonyl (C=O) groups excluding carboxylic acids is 2. The molecule has 0 aliphatic carbocycles. The van der Waals surface area contributed by atoms with Gasteiger partial charge in [-0.05, 0) is 24.3 Å². The lowest BCUT2D eigenvalue weighted by Crippen LogP contribution is -2.44. The fourth-order valence-electron chi connectivity index (χ4n) is 1.39. The summed E-state index contributed by atoms with van der Waals surface area (Å²) in [5.74, 6) is 0.630. The van der Waals surface area contributed by atoms with Crippen LogP contribution >= 0.6 is 0 Å². The average Bonchev–Trinajstić information content (AvgIpc) is 2.37. The predicted molar refractivity (Wildman–Crippen MR) is 65.3 cm³/mol. The van der Waals surface area contributed by atoms with Gasteiger partial charge < -0.3 is 11.1 Å². The van der Waals surface area contributed by atoms with Crippen LogP contribution < -0.4 is 11.1 Å². The van der Waals surface area contributed by atoms with Gasteiger partial charge in [-0.25, -0.2) is 0 Å². The van der Waals surface area contributed by atoms with Crippen molar-refractivity contribution in [2.75, 3.05) is 0 Å². The summed E-state index contributed by atoms with van der Waals surface area (Å²) in [7, 11) is 0. The monoisotopic (exact) mass is 284 g/mol. The summed E-state index contributed by atoms with van der Waals surface area (Å²) < 4.78 is 37.1. The molecule has 0 unspecified atom stereocenters. The highest BCUT2D eigenvalue weighted by molar-refractivity contribution is 5.97. The molecule has 0 heterocycles. The average molecular weight is 284 g/mol. The Labute approximate surface area is 113 Å². The minimum absolute atomic E-state index is 0.0266. The first kappa shape index (κ1) is 15.6. The van der Waals surface area contributed by atoms with Gasteiger partial charge in [-0.2, -0.15) is 13.2 Å². The van der Waals surface area contributed by atoms with E-state index in [9.17, 15) is 22.8 Å². The lowest BCUT2D eigenvalue weighted by molar-refractivity contribution is -0.137. The maximum atomic E-state index is 12.4. The van der Waals surface area contributed by atoms with Gasteiger partial charge in [0.1, 0.15) is 6.04 Å². The summed E-state index contributed by atoms with van der Waals surface area (Å²) >= 11 is 0. The zero-order valence-electron chi connectivity index (χ0n) is 10.2. The highest BCUT2D eigenvalue weighted by Crippen LogP contribution is 2.29. The van der Waals surface area contributed by atoms with E-state index in [1.54, 1.807) is 0 Å². The first-order chi connectivity index (χ1) is 9.25. The van der Waals surface area contributed by atoms with Crippen LogP contribution in [0, 0.1) is 12.3 Å². The third-order valence-electron chi connectivity index (χ3n) is 2.45. The summed E-state index contributed by atoms with van der Waals surface area (Å²) in [6.07, 6.45) is 0.442. The van der Waals surface area contributed by atoms with E-state index in [2.05, 4.69) is 11.2 Å². The van der Waals surface area contributed by atoms with E-state index in [-0.39, 0.29) is 12.0 Å². The molecule has 1 aromatic rings. The van der Waals surface area contributed by atoms with E-state index in [1.165, 1.54) is 0 Å². The third kappa shape index (κ3) is 4.02. The molecule has 106 valence electrons. The van der Waals surface area contributed by atoms with Gasteiger partial charge in [0, 0.05) is 12.0 Å². The Kier molecular flexibility index (Phi) is 4.75. The number of primary amides is 1. The number of nitrogens with two attached hydrogens (primary N) is 1. The number of hydrogen-bond donors (Lipinski definition) is 2. The summed E-state index contributed by atoms with van der Waals surface area (Å²) in [6.45, 7) is 0. The van der Waals surface area contributed by atoms with Crippen molar-refractivity contribution in [3.8, 4) is 12.3 Å². The van der Waals surface area contributed by atoms with Crippen molar-refractivity contribution in [2.45, 2.75) is 18.6 Å². The number of rotatable bonds is 4. The van der Waals surface area contributed by atoms with Crippen molar-refractivity contribution in [3.63, 3.8) is 0 Å². The van der Waals surface area contributed by atoms with Gasteiger partial charge in [0.2, 0.25) is 5.91 Å². The Morgan fingerprint density at radius 2 is 1.85 bits per heavy atom. The molecule has 0 bridgehead atoms. The Balaban J connectivity index is 2.83. The number of terminal acetylenes is 1. The number of hydrogen-bond acceptors (Lipinski definition) is 2. The Bertz CT molecular complexity index is 544. The van der Waals surface area contributed by atoms with Crippen LogP contribution in [-0.4, -0.2) is 17.9 Å². The van der Waals surface area contributed by atoms with E-state index in [0.29, 0.717) is 0 Å². The highest BCUT2D eigenvalue weighted by Gasteiger charge is 2.30. The van der Waals surface area contributed by atoms with E-state index in [0.717, 1.165) is 24.3 Å². The molecular weight excluding hydrogens is 273 g/mol. The normalized spacial score (nSPS) is 12.3. The Hall–Kier alpha value is -2.49. The number of amides is 2. The molecule has 20 heavy (non-hydrogen) atoms. The van der Waals surface area contributed by atoms with Gasteiger partial charge in [-0.1, -0.05) is 0 Å². The number of nitrogens with one attached hydrogen (secondary N) is 1. The first-order valence-corrected chi connectivity index (χ1v) is 5.46. The standard InChI is InChI=1S/C13H11F3N2O2/c1-2-3-10(11(17)19)18-12(20)8-4-6-9(7-5-8)13(14,15)16/h1,4-7,10H,3H2,(H2,17,19)(H,18,20)/t10-/m0/s1. The van der Waals surface area contributed by atoms with Crippen molar-refractivity contribution in [2.24, 2.45) is 5.73 Å². The molecule has 1 rings (SSSR count). The SMILES string of the molecule is C#CC[C@H](NC(=O)c1ccc(C(F)(F)F)cc1)C(N)=O. The van der Waals surface area contributed by atoms with Crippen LogP contribution in [0.1, 0.15) is 22.3 Å². The van der Waals surface area contributed by atoms with E-state index in [1.807, 2.05) is 0 Å². The van der Waals surface area contributed by atoms with Gasteiger partial charge in [-0.3, -0.25) is 9.59 Å². The Morgan fingerprint density at radius 3 is 2.25 bits per heavy atom. The van der Waals surface area contributed by atoms with Crippen LogP contribution in [0.2, 0.25) is 0 Å². The van der Waals surface area contributed by atoms with Crippen LogP contribution in [0.25, 0.3) is 0 Å². The van der Waals surface area contributed by atoms with Crippen LogP contribution in [-0.2, 0) is 11.0 Å². The summed E-state index contributed by atoms with van der Waals surface area (Å²) in [5, 5.41) is 2.25. The van der Waals surface area contributed by atoms with Crippen molar-refractivity contribution >= 4 is 11.8 Å². The topological polar surface area (TPSA) is 72.2 Å². The van der Waals surface area contributed by atoms with E-state index in [4.69, 9.17) is 12.2 Å². The summed E-state index contributed by atoms with van der Waals surface area (Å²) in [5.41, 5.74) is 4.13. The van der Waals surface area contributed by atoms with Crippen LogP contribution in [0.15, 0.2) is 24.3 Å². The fraction of sp³-hybridized carbons (Fsp3) is 0.231. The minimum atomic E-state index is -4.48. The molecule has 2 amide bonds. The second kappa shape index (κ2) is 6.10. The minimum Gasteiger partial charge on any atom is -0.368 e.